The van der Waals surface area contributed by atoms with Gasteiger partial charge in [0.15, 0.2) is 0 Å². The molecule has 7 heteroatoms. The summed E-state index contributed by atoms with van der Waals surface area (Å²) in [7, 11) is -1.27. The van der Waals surface area contributed by atoms with E-state index in [-0.39, 0.29) is 16.6 Å². The van der Waals surface area contributed by atoms with Crippen LogP contribution in [-0.4, -0.2) is 50.4 Å². The predicted octanol–water partition coefficient (Wildman–Crippen LogP) is 0.816. The molecule has 6 nitrogen and oxygen atoms in total. The Bertz CT molecular complexity index is 433. The van der Waals surface area contributed by atoms with Crippen LogP contribution in [0.5, 0.6) is 0 Å². The molecule has 1 aliphatic carbocycles. The lowest BCUT2D eigenvalue weighted by atomic mass is 9.92. The van der Waals surface area contributed by atoms with E-state index in [0.29, 0.717) is 13.0 Å². The Labute approximate surface area is 127 Å². The second kappa shape index (κ2) is 6.87. The average molecular weight is 317 g/mol. The van der Waals surface area contributed by atoms with Crippen LogP contribution in [-0.2, 0) is 25.1 Å². The first-order valence-electron chi connectivity index (χ1n) is 7.43. The molecule has 1 spiro atoms. The highest BCUT2D eigenvalue weighted by molar-refractivity contribution is 7.85. The lowest BCUT2D eigenvalue weighted by Crippen LogP contribution is -2.47. The molecule has 1 amide bonds. The first-order chi connectivity index (χ1) is 9.92. The highest BCUT2D eigenvalue weighted by atomic mass is 32.2. The molecule has 2 fully saturated rings. The van der Waals surface area contributed by atoms with Gasteiger partial charge in [0.2, 0.25) is 5.91 Å². The minimum Gasteiger partial charge on any atom is -0.480 e. The first-order valence-corrected chi connectivity index (χ1v) is 8.81. The summed E-state index contributed by atoms with van der Waals surface area (Å²) in [6, 6.07) is -1.08. The summed E-state index contributed by atoms with van der Waals surface area (Å²) in [5.74, 6) is -1.59. The highest BCUT2D eigenvalue weighted by Crippen LogP contribution is 2.41. The monoisotopic (exact) mass is 317 g/mol. The van der Waals surface area contributed by atoms with E-state index >= 15 is 0 Å². The smallest absolute Gasteiger partial charge is 0.327 e. The van der Waals surface area contributed by atoms with E-state index in [1.165, 1.54) is 6.92 Å². The molecule has 0 bridgehead atoms. The Morgan fingerprint density at radius 1 is 1.43 bits per heavy atom. The SMILES string of the molecule is CC(=O)N[C@@H](CS(=O)C1CCOC2(CCCC2)C1)C(=O)O. The number of rotatable bonds is 5. The summed E-state index contributed by atoms with van der Waals surface area (Å²) in [6.07, 6.45) is 5.74. The molecular formula is C14H23NO5S. The molecule has 1 aliphatic heterocycles. The number of carbonyl (C=O) groups excluding carboxylic acids is 1. The molecule has 3 atom stereocenters. The summed E-state index contributed by atoms with van der Waals surface area (Å²) in [6.45, 7) is 1.86. The maximum atomic E-state index is 12.5. The molecule has 2 rings (SSSR count). The number of carbonyl (C=O) groups is 2. The number of ether oxygens (including phenoxy) is 1. The summed E-state index contributed by atoms with van der Waals surface area (Å²) >= 11 is 0. The van der Waals surface area contributed by atoms with Gasteiger partial charge in [-0.15, -0.1) is 0 Å². The van der Waals surface area contributed by atoms with E-state index in [0.717, 1.165) is 32.1 Å². The first kappa shape index (κ1) is 16.4. The average Bonchev–Trinajstić information content (AvgIpc) is 2.85. The second-order valence-corrected chi connectivity index (χ2v) is 7.75. The molecule has 0 aromatic carbocycles. The van der Waals surface area contributed by atoms with Crippen molar-refractivity contribution >= 4 is 22.7 Å². The number of aliphatic carboxylic acids is 1. The number of hydrogen-bond acceptors (Lipinski definition) is 4. The van der Waals surface area contributed by atoms with Gasteiger partial charge < -0.3 is 15.2 Å². The normalized spacial score (nSPS) is 27.2. The predicted molar refractivity (Wildman–Crippen MR) is 78.4 cm³/mol. The number of amides is 1. The number of carboxylic acid groups (broad SMARTS) is 1. The Kier molecular flexibility index (Phi) is 5.37. The van der Waals surface area contributed by atoms with E-state index in [4.69, 9.17) is 9.84 Å². The number of carboxylic acids is 1. The fourth-order valence-electron chi connectivity index (χ4n) is 3.30. The molecule has 2 aliphatic rings. The zero-order valence-electron chi connectivity index (χ0n) is 12.3. The Hall–Kier alpha value is -0.950. The summed E-state index contributed by atoms with van der Waals surface area (Å²) in [5.41, 5.74) is -0.134. The van der Waals surface area contributed by atoms with E-state index in [2.05, 4.69) is 5.32 Å². The molecule has 1 saturated carbocycles. The number of hydrogen-bond donors (Lipinski definition) is 2. The van der Waals surface area contributed by atoms with Crippen LogP contribution < -0.4 is 5.32 Å². The number of nitrogens with one attached hydrogen (secondary N) is 1. The highest BCUT2D eigenvalue weighted by Gasteiger charge is 2.42. The van der Waals surface area contributed by atoms with Gasteiger partial charge in [-0.05, 0) is 25.7 Å². The van der Waals surface area contributed by atoms with Gasteiger partial charge in [0, 0.05) is 29.6 Å². The molecule has 2 N–H and O–H groups in total. The van der Waals surface area contributed by atoms with Gasteiger partial charge in [-0.3, -0.25) is 9.00 Å². The van der Waals surface area contributed by atoms with Gasteiger partial charge in [0.1, 0.15) is 6.04 Å². The molecule has 1 heterocycles. The Morgan fingerprint density at radius 2 is 2.10 bits per heavy atom. The van der Waals surface area contributed by atoms with Crippen molar-refractivity contribution in [1.82, 2.24) is 5.32 Å². The molecular weight excluding hydrogens is 294 g/mol. The fraction of sp³-hybridized carbons (Fsp3) is 0.857. The van der Waals surface area contributed by atoms with Crippen LogP contribution in [0.3, 0.4) is 0 Å². The lowest BCUT2D eigenvalue weighted by Gasteiger charge is -2.38. The maximum Gasteiger partial charge on any atom is 0.327 e. The van der Waals surface area contributed by atoms with Crippen LogP contribution in [0.2, 0.25) is 0 Å². The van der Waals surface area contributed by atoms with Crippen molar-refractivity contribution in [1.29, 1.82) is 0 Å². The van der Waals surface area contributed by atoms with Crippen molar-refractivity contribution in [3.63, 3.8) is 0 Å². The second-order valence-electron chi connectivity index (χ2n) is 5.99. The van der Waals surface area contributed by atoms with Gasteiger partial charge in [-0.1, -0.05) is 12.8 Å². The van der Waals surface area contributed by atoms with Crippen molar-refractivity contribution in [3.05, 3.63) is 0 Å². The molecule has 0 aromatic rings. The molecule has 1 saturated heterocycles. The van der Waals surface area contributed by atoms with Crippen LogP contribution >= 0.6 is 0 Å². The van der Waals surface area contributed by atoms with E-state index < -0.39 is 28.7 Å². The lowest BCUT2D eigenvalue weighted by molar-refractivity contribution is -0.140. The van der Waals surface area contributed by atoms with E-state index in [1.54, 1.807) is 0 Å². The van der Waals surface area contributed by atoms with Crippen LogP contribution in [0.4, 0.5) is 0 Å². The third kappa shape index (κ3) is 4.26. The fourth-order valence-corrected chi connectivity index (χ4v) is 4.97. The van der Waals surface area contributed by atoms with Crippen molar-refractivity contribution in [2.24, 2.45) is 0 Å². The summed E-state index contributed by atoms with van der Waals surface area (Å²) in [5, 5.41) is 11.4. The van der Waals surface area contributed by atoms with Crippen molar-refractivity contribution in [3.8, 4) is 0 Å². The van der Waals surface area contributed by atoms with Crippen LogP contribution in [0.1, 0.15) is 45.4 Å². The van der Waals surface area contributed by atoms with Crippen LogP contribution in [0.25, 0.3) is 0 Å². The topological polar surface area (TPSA) is 92.7 Å². The van der Waals surface area contributed by atoms with Gasteiger partial charge in [0.05, 0.1) is 11.4 Å². The van der Waals surface area contributed by atoms with Crippen LogP contribution in [0, 0.1) is 0 Å². The summed E-state index contributed by atoms with van der Waals surface area (Å²) < 4.78 is 18.4. The molecule has 2 unspecified atom stereocenters. The van der Waals surface area contributed by atoms with Crippen molar-refractivity contribution in [2.75, 3.05) is 12.4 Å². The molecule has 0 aromatic heterocycles. The largest absolute Gasteiger partial charge is 0.480 e. The van der Waals surface area contributed by atoms with E-state index in [9.17, 15) is 13.8 Å². The Balaban J connectivity index is 1.95. The standard InChI is InChI=1S/C14H23NO5S/c1-10(16)15-12(13(17)18)9-21(19)11-4-7-20-14(8-11)5-2-3-6-14/h11-12H,2-9H2,1H3,(H,15,16)(H,17,18)/t11?,12-,21?/m0/s1. The minimum absolute atomic E-state index is 0.0321. The third-order valence-electron chi connectivity index (χ3n) is 4.34. The van der Waals surface area contributed by atoms with Crippen molar-refractivity contribution < 1.29 is 23.6 Å². The van der Waals surface area contributed by atoms with E-state index in [1.807, 2.05) is 0 Å². The van der Waals surface area contributed by atoms with Crippen molar-refractivity contribution in [2.45, 2.75) is 62.3 Å². The molecule has 120 valence electrons. The minimum atomic E-state index is -1.27. The Morgan fingerprint density at radius 3 is 2.67 bits per heavy atom. The third-order valence-corrected chi connectivity index (χ3v) is 6.15. The molecule has 0 radical (unpaired) electrons. The molecule has 21 heavy (non-hydrogen) atoms. The van der Waals surface area contributed by atoms with Crippen LogP contribution in [0.15, 0.2) is 0 Å². The quantitative estimate of drug-likeness (QED) is 0.783. The van der Waals surface area contributed by atoms with Gasteiger partial charge >= 0.3 is 5.97 Å². The maximum absolute atomic E-state index is 12.5. The zero-order chi connectivity index (χ0) is 15.5. The zero-order valence-corrected chi connectivity index (χ0v) is 13.1. The van der Waals surface area contributed by atoms with Gasteiger partial charge in [0.25, 0.3) is 0 Å². The van der Waals surface area contributed by atoms with Gasteiger partial charge in [-0.25, -0.2) is 4.79 Å². The summed E-state index contributed by atoms with van der Waals surface area (Å²) in [4.78, 5) is 22.2. The van der Waals surface area contributed by atoms with Gasteiger partial charge in [-0.2, -0.15) is 0 Å².